The molecule has 0 fully saturated rings. The third-order valence-electron chi connectivity index (χ3n) is 11.5. The standard InChI is InChI=1S/C52H64F2N8O12/c1-32(58-51(73)74-31-34-14-9-6-10-15-34)48(70)60-41(26-43(55)65)50(72)59-40(49(71)56-22-11-16-37(64)27-57-44(66)19-20-46(68)69)21-23-62(45(67)30-63)47(52(2,3)4)42-24-35(38-25-36(53)17-18-39(38)54)29-61(42)28-33-12-7-5-8-13-33/h5-10,12-15,17-18,24-25,29,32,40-41,47,63H,11,16,19-23,26-28,30-31H2,1-4H3,(H2,55,65)(H,56,71)(H,57,66)(H,58,73)(H,59,72)(H,60,70)(H,68,69)/t32-,40-,41-,47-/m0/s1. The summed E-state index contributed by atoms with van der Waals surface area (Å²) in [6.07, 6.45) is -1.33. The van der Waals surface area contributed by atoms with Gasteiger partial charge >= 0.3 is 12.1 Å². The summed E-state index contributed by atoms with van der Waals surface area (Å²) in [5, 5.41) is 31.4. The number of aliphatic hydroxyl groups excluding tert-OH is 1. The van der Waals surface area contributed by atoms with Crippen LogP contribution >= 0.6 is 0 Å². The van der Waals surface area contributed by atoms with Gasteiger partial charge in [-0.3, -0.25) is 38.4 Å². The predicted molar refractivity (Wildman–Crippen MR) is 265 cm³/mol. The highest BCUT2D eigenvalue weighted by Gasteiger charge is 2.38. The molecule has 1 heterocycles. The molecule has 9 N–H and O–H groups in total. The third-order valence-corrected chi connectivity index (χ3v) is 11.5. The van der Waals surface area contributed by atoms with Crippen LogP contribution in [0.4, 0.5) is 13.6 Å². The van der Waals surface area contributed by atoms with Crippen LogP contribution in [-0.2, 0) is 56.2 Å². The Morgan fingerprint density at radius 1 is 0.784 bits per heavy atom. The van der Waals surface area contributed by atoms with E-state index in [1.165, 1.54) is 11.8 Å². The van der Waals surface area contributed by atoms with Gasteiger partial charge < -0.3 is 56.7 Å². The lowest BCUT2D eigenvalue weighted by Gasteiger charge is -2.41. The number of carboxylic acid groups (broad SMARTS) is 1. The second kappa shape index (κ2) is 28.3. The number of alkyl carbamates (subject to hydrolysis) is 1. The number of nitrogens with zero attached hydrogens (tertiary/aromatic N) is 2. The number of primary amides is 1. The van der Waals surface area contributed by atoms with Gasteiger partial charge in [0.1, 0.15) is 43.0 Å². The number of benzene rings is 3. The number of ketones is 1. The quantitative estimate of drug-likeness (QED) is 0.0380. The summed E-state index contributed by atoms with van der Waals surface area (Å²) in [5.41, 5.74) is 6.75. The molecule has 398 valence electrons. The zero-order valence-electron chi connectivity index (χ0n) is 41.7. The van der Waals surface area contributed by atoms with Crippen molar-refractivity contribution in [1.82, 2.24) is 36.1 Å². The molecular formula is C52H64F2N8O12. The largest absolute Gasteiger partial charge is 0.481 e. The van der Waals surface area contributed by atoms with Gasteiger partial charge in [0, 0.05) is 55.5 Å². The van der Waals surface area contributed by atoms with Crippen LogP contribution in [0.1, 0.15) is 89.1 Å². The van der Waals surface area contributed by atoms with Crippen molar-refractivity contribution < 1.29 is 66.9 Å². The first kappa shape index (κ1) is 58.6. The molecule has 4 rings (SSSR count). The van der Waals surface area contributed by atoms with Crippen molar-refractivity contribution in [2.24, 2.45) is 11.1 Å². The SMILES string of the molecule is C[C@H](NC(=O)OCc1ccccc1)C(=O)N[C@@H](CC(N)=O)C(=O)N[C@@H](CCN(C(=O)CO)[C@@H](c1cc(-c2cc(F)ccc2F)cn1Cc1ccccc1)C(C)(C)C)C(=O)NCCCC(=O)CNC(=O)CCC(=O)O. The molecule has 3 aromatic carbocycles. The molecule has 4 atom stereocenters. The number of carboxylic acids is 1. The van der Waals surface area contributed by atoms with Gasteiger partial charge in [-0.2, -0.15) is 0 Å². The van der Waals surface area contributed by atoms with Crippen molar-refractivity contribution in [2.75, 3.05) is 26.2 Å². The second-order valence-corrected chi connectivity index (χ2v) is 18.5. The maximum Gasteiger partial charge on any atom is 0.408 e. The van der Waals surface area contributed by atoms with Gasteiger partial charge in [0.2, 0.25) is 35.4 Å². The Balaban J connectivity index is 1.64. The van der Waals surface area contributed by atoms with E-state index in [0.29, 0.717) is 11.3 Å². The van der Waals surface area contributed by atoms with E-state index in [0.717, 1.165) is 23.8 Å². The Bertz CT molecular complexity index is 2610. The third kappa shape index (κ3) is 18.9. The van der Waals surface area contributed by atoms with Crippen molar-refractivity contribution in [3.05, 3.63) is 120 Å². The van der Waals surface area contributed by atoms with Gasteiger partial charge in [0.05, 0.1) is 25.4 Å². The van der Waals surface area contributed by atoms with E-state index < -0.39 is 120 Å². The number of hydrogen-bond donors (Lipinski definition) is 8. The molecule has 4 aromatic rings. The highest BCUT2D eigenvalue weighted by molar-refractivity contribution is 5.96. The van der Waals surface area contributed by atoms with E-state index >= 15 is 4.39 Å². The minimum absolute atomic E-state index is 0.0448. The number of Topliss-reactive ketones (excluding diaryl/α,β-unsaturated/α-hetero) is 1. The summed E-state index contributed by atoms with van der Waals surface area (Å²) in [4.78, 5) is 117. The maximum absolute atomic E-state index is 15.4. The van der Waals surface area contributed by atoms with Crippen molar-refractivity contribution in [3.63, 3.8) is 0 Å². The van der Waals surface area contributed by atoms with Gasteiger partial charge in [0.15, 0.2) is 5.78 Å². The van der Waals surface area contributed by atoms with Crippen LogP contribution in [-0.4, -0.2) is 117 Å². The fraction of sp³-hybridized carbons (Fsp3) is 0.404. The van der Waals surface area contributed by atoms with Crippen molar-refractivity contribution in [3.8, 4) is 11.1 Å². The number of halogens is 2. The highest BCUT2D eigenvalue weighted by Crippen LogP contribution is 2.41. The average Bonchev–Trinajstić information content (AvgIpc) is 3.75. The second-order valence-electron chi connectivity index (χ2n) is 18.5. The summed E-state index contributed by atoms with van der Waals surface area (Å²) in [6.45, 7) is 4.91. The lowest BCUT2D eigenvalue weighted by Crippen LogP contribution is -2.57. The Hall–Kier alpha value is -8.01. The van der Waals surface area contributed by atoms with Crippen LogP contribution in [0.15, 0.2) is 91.1 Å². The number of nitrogens with one attached hydrogen (secondary N) is 5. The molecular weight excluding hydrogens is 967 g/mol. The Morgan fingerprint density at radius 3 is 2.05 bits per heavy atom. The number of rotatable bonds is 28. The molecule has 0 aliphatic carbocycles. The zero-order chi connectivity index (χ0) is 54.5. The van der Waals surface area contributed by atoms with Gasteiger partial charge in [-0.05, 0) is 60.6 Å². The van der Waals surface area contributed by atoms with Crippen LogP contribution in [0.3, 0.4) is 0 Å². The summed E-state index contributed by atoms with van der Waals surface area (Å²) >= 11 is 0. The van der Waals surface area contributed by atoms with Crippen LogP contribution in [0.25, 0.3) is 11.1 Å². The summed E-state index contributed by atoms with van der Waals surface area (Å²) < 4.78 is 36.9. The smallest absolute Gasteiger partial charge is 0.408 e. The number of ether oxygens (including phenoxy) is 1. The number of aliphatic hydroxyl groups is 1. The number of carbonyl (C=O) groups excluding carboxylic acids is 8. The topological polar surface area (TPSA) is 298 Å². The molecule has 0 spiro atoms. The number of amides is 7. The Labute approximate surface area is 426 Å². The van der Waals surface area contributed by atoms with E-state index in [-0.39, 0.29) is 63.1 Å². The van der Waals surface area contributed by atoms with Gasteiger partial charge in [-0.15, -0.1) is 0 Å². The summed E-state index contributed by atoms with van der Waals surface area (Å²) in [5.74, 6) is -8.34. The number of aromatic nitrogens is 1. The number of hydrogen-bond acceptors (Lipinski definition) is 11. The van der Waals surface area contributed by atoms with Crippen LogP contribution in [0.5, 0.6) is 0 Å². The van der Waals surface area contributed by atoms with Crippen LogP contribution in [0.2, 0.25) is 0 Å². The average molecular weight is 1030 g/mol. The van der Waals surface area contributed by atoms with Gasteiger partial charge in [-0.1, -0.05) is 81.4 Å². The van der Waals surface area contributed by atoms with Crippen molar-refractivity contribution >= 4 is 53.3 Å². The first-order valence-corrected chi connectivity index (χ1v) is 23.8. The molecule has 0 aliphatic heterocycles. The lowest BCUT2D eigenvalue weighted by molar-refractivity contribution is -0.140. The normalized spacial score (nSPS) is 12.7. The van der Waals surface area contributed by atoms with Crippen LogP contribution < -0.4 is 32.3 Å². The molecule has 0 bridgehead atoms. The van der Waals surface area contributed by atoms with E-state index in [9.17, 15) is 52.6 Å². The maximum atomic E-state index is 15.4. The number of aliphatic carboxylic acids is 1. The van der Waals surface area contributed by atoms with Crippen LogP contribution in [0, 0.1) is 17.0 Å². The molecule has 1 aromatic heterocycles. The molecule has 22 heteroatoms. The zero-order valence-corrected chi connectivity index (χ0v) is 41.7. The molecule has 74 heavy (non-hydrogen) atoms. The molecule has 0 radical (unpaired) electrons. The van der Waals surface area contributed by atoms with E-state index in [4.69, 9.17) is 15.6 Å². The van der Waals surface area contributed by atoms with Gasteiger partial charge in [-0.25, -0.2) is 13.6 Å². The lowest BCUT2D eigenvalue weighted by atomic mass is 9.82. The van der Waals surface area contributed by atoms with Crippen molar-refractivity contribution in [1.29, 1.82) is 0 Å². The molecule has 20 nitrogen and oxygen atoms in total. The van der Waals surface area contributed by atoms with Crippen molar-refractivity contribution in [2.45, 2.75) is 104 Å². The summed E-state index contributed by atoms with van der Waals surface area (Å²) in [7, 11) is 0. The van der Waals surface area contributed by atoms with E-state index in [2.05, 4.69) is 26.6 Å². The molecule has 0 saturated carbocycles. The molecule has 0 unspecified atom stereocenters. The molecule has 7 amide bonds. The first-order chi connectivity index (χ1) is 35.1. The summed E-state index contributed by atoms with van der Waals surface area (Å²) in [6, 6.07) is 17.0. The predicted octanol–water partition coefficient (Wildman–Crippen LogP) is 3.39. The fourth-order valence-corrected chi connectivity index (χ4v) is 7.84. The van der Waals surface area contributed by atoms with E-state index in [1.807, 2.05) is 51.1 Å². The minimum Gasteiger partial charge on any atom is -0.481 e. The Kier molecular flexibility index (Phi) is 22.4. The molecule has 0 saturated heterocycles. The minimum atomic E-state index is -1.70. The highest BCUT2D eigenvalue weighted by atomic mass is 19.1. The Morgan fingerprint density at radius 2 is 1.43 bits per heavy atom. The van der Waals surface area contributed by atoms with E-state index in [1.54, 1.807) is 47.2 Å². The fourth-order valence-electron chi connectivity index (χ4n) is 7.84. The van der Waals surface area contributed by atoms with Gasteiger partial charge in [0.25, 0.3) is 0 Å². The monoisotopic (exact) mass is 1030 g/mol. The number of carbonyl (C=O) groups is 9. The number of nitrogens with two attached hydrogens (primary N) is 1. The first-order valence-electron chi connectivity index (χ1n) is 23.8. The molecule has 0 aliphatic rings.